The first-order chi connectivity index (χ1) is 9.69. The van der Waals surface area contributed by atoms with Crippen molar-refractivity contribution in [2.24, 2.45) is 0 Å². The minimum Gasteiger partial charge on any atom is -0.464 e. The molecular weight excluding hydrogens is 274 g/mol. The third-order valence-corrected chi connectivity index (χ3v) is 4.10. The number of hydrogen-bond acceptors (Lipinski definition) is 5. The lowest BCUT2D eigenvalue weighted by molar-refractivity contribution is 0.0588. The van der Waals surface area contributed by atoms with Crippen LogP contribution < -0.4 is 0 Å². The summed E-state index contributed by atoms with van der Waals surface area (Å²) in [6, 6.07) is 7.98. The van der Waals surface area contributed by atoms with Crippen molar-refractivity contribution in [2.75, 3.05) is 7.11 Å². The van der Waals surface area contributed by atoms with Gasteiger partial charge in [-0.2, -0.15) is 0 Å². The highest BCUT2D eigenvalue weighted by atomic mass is 32.1. The Balaban J connectivity index is 1.98. The van der Waals surface area contributed by atoms with Gasteiger partial charge in [0.05, 0.1) is 30.1 Å². The SMILES string of the molecule is COC(=O)c1cnc(C)n1Cc1nc2ccccc2s1. The van der Waals surface area contributed by atoms with E-state index in [-0.39, 0.29) is 5.97 Å². The summed E-state index contributed by atoms with van der Waals surface area (Å²) in [5, 5.41) is 0.942. The lowest BCUT2D eigenvalue weighted by Crippen LogP contribution is -2.12. The first-order valence-electron chi connectivity index (χ1n) is 6.14. The van der Waals surface area contributed by atoms with E-state index >= 15 is 0 Å². The number of aryl methyl sites for hydroxylation is 1. The van der Waals surface area contributed by atoms with Gasteiger partial charge in [0.25, 0.3) is 0 Å². The molecule has 2 aromatic heterocycles. The van der Waals surface area contributed by atoms with Gasteiger partial charge in [-0.3, -0.25) is 0 Å². The van der Waals surface area contributed by atoms with Gasteiger partial charge in [-0.05, 0) is 19.1 Å². The third kappa shape index (κ3) is 2.18. The minimum atomic E-state index is -0.383. The average Bonchev–Trinajstić information content (AvgIpc) is 3.02. The first-order valence-corrected chi connectivity index (χ1v) is 6.95. The maximum Gasteiger partial charge on any atom is 0.356 e. The molecule has 3 rings (SSSR count). The lowest BCUT2D eigenvalue weighted by atomic mass is 10.3. The maximum atomic E-state index is 11.7. The van der Waals surface area contributed by atoms with Crippen LogP contribution in [0, 0.1) is 6.92 Å². The number of para-hydroxylation sites is 1. The Morgan fingerprint density at radius 1 is 1.40 bits per heavy atom. The normalized spacial score (nSPS) is 10.9. The average molecular weight is 287 g/mol. The van der Waals surface area contributed by atoms with Crippen LogP contribution in [0.4, 0.5) is 0 Å². The van der Waals surface area contributed by atoms with Crippen LogP contribution in [0.2, 0.25) is 0 Å². The van der Waals surface area contributed by atoms with Gasteiger partial charge in [-0.15, -0.1) is 11.3 Å². The summed E-state index contributed by atoms with van der Waals surface area (Å²) in [6.07, 6.45) is 1.54. The number of carbonyl (C=O) groups is 1. The molecule has 0 aliphatic rings. The van der Waals surface area contributed by atoms with Crippen molar-refractivity contribution >= 4 is 27.5 Å². The van der Waals surface area contributed by atoms with Gasteiger partial charge >= 0.3 is 5.97 Å². The Bertz CT molecular complexity index is 743. The van der Waals surface area contributed by atoms with Crippen molar-refractivity contribution in [2.45, 2.75) is 13.5 Å². The molecule has 6 heteroatoms. The zero-order chi connectivity index (χ0) is 14.1. The molecule has 102 valence electrons. The van der Waals surface area contributed by atoms with Crippen LogP contribution in [0.25, 0.3) is 10.2 Å². The molecule has 0 aliphatic carbocycles. The molecule has 0 radical (unpaired) electrons. The summed E-state index contributed by atoms with van der Waals surface area (Å²) in [7, 11) is 1.37. The fraction of sp³-hybridized carbons (Fsp3) is 0.214. The van der Waals surface area contributed by atoms with E-state index in [1.807, 2.05) is 35.8 Å². The molecule has 0 bridgehead atoms. The molecule has 0 spiro atoms. The number of esters is 1. The molecule has 2 heterocycles. The number of methoxy groups -OCH3 is 1. The number of fused-ring (bicyclic) bond motifs is 1. The zero-order valence-electron chi connectivity index (χ0n) is 11.2. The quantitative estimate of drug-likeness (QED) is 0.695. The molecule has 1 aromatic carbocycles. The van der Waals surface area contributed by atoms with Crippen LogP contribution in [0.5, 0.6) is 0 Å². The molecular formula is C14H13N3O2S. The molecule has 3 aromatic rings. The molecule has 0 unspecified atom stereocenters. The zero-order valence-corrected chi connectivity index (χ0v) is 12.0. The van der Waals surface area contributed by atoms with Crippen molar-refractivity contribution in [3.63, 3.8) is 0 Å². The Kier molecular flexibility index (Phi) is 3.23. The van der Waals surface area contributed by atoms with Crippen molar-refractivity contribution < 1.29 is 9.53 Å². The number of carbonyl (C=O) groups excluding carboxylic acids is 1. The number of ether oxygens (including phenoxy) is 1. The molecule has 0 atom stereocenters. The summed E-state index contributed by atoms with van der Waals surface area (Å²) in [6.45, 7) is 2.38. The second kappa shape index (κ2) is 5.05. The number of hydrogen-bond donors (Lipinski definition) is 0. The lowest BCUT2D eigenvalue weighted by Gasteiger charge is -2.06. The van der Waals surface area contributed by atoms with Crippen LogP contribution in [0.15, 0.2) is 30.5 Å². The van der Waals surface area contributed by atoms with E-state index in [0.717, 1.165) is 21.0 Å². The first kappa shape index (κ1) is 12.8. The van der Waals surface area contributed by atoms with E-state index in [4.69, 9.17) is 4.74 Å². The number of rotatable bonds is 3. The second-order valence-corrected chi connectivity index (χ2v) is 5.46. The number of imidazole rings is 1. The molecule has 0 saturated carbocycles. The third-order valence-electron chi connectivity index (χ3n) is 3.08. The van der Waals surface area contributed by atoms with E-state index in [1.54, 1.807) is 11.3 Å². The molecule has 5 nitrogen and oxygen atoms in total. The number of nitrogens with zero attached hydrogens (tertiary/aromatic N) is 3. The molecule has 0 N–H and O–H groups in total. The van der Waals surface area contributed by atoms with Gasteiger partial charge < -0.3 is 9.30 Å². The predicted octanol–water partition coefficient (Wildman–Crippen LogP) is 2.64. The van der Waals surface area contributed by atoms with Gasteiger partial charge in [0, 0.05) is 0 Å². The van der Waals surface area contributed by atoms with E-state index in [2.05, 4.69) is 9.97 Å². The van der Waals surface area contributed by atoms with Crippen molar-refractivity contribution in [3.8, 4) is 0 Å². The summed E-state index contributed by atoms with van der Waals surface area (Å²) < 4.78 is 7.73. The largest absolute Gasteiger partial charge is 0.464 e. The van der Waals surface area contributed by atoms with E-state index in [9.17, 15) is 4.79 Å². The van der Waals surface area contributed by atoms with Gasteiger partial charge in [0.2, 0.25) is 0 Å². The van der Waals surface area contributed by atoms with E-state index in [0.29, 0.717) is 12.2 Å². The maximum absolute atomic E-state index is 11.7. The smallest absolute Gasteiger partial charge is 0.356 e. The Labute approximate surface area is 119 Å². The van der Waals surface area contributed by atoms with Crippen LogP contribution in [-0.2, 0) is 11.3 Å². The Morgan fingerprint density at radius 2 is 2.20 bits per heavy atom. The minimum absolute atomic E-state index is 0.383. The van der Waals surface area contributed by atoms with Crippen LogP contribution in [0.1, 0.15) is 21.3 Å². The van der Waals surface area contributed by atoms with Gasteiger partial charge in [-0.25, -0.2) is 14.8 Å². The van der Waals surface area contributed by atoms with Crippen LogP contribution >= 0.6 is 11.3 Å². The Hall–Kier alpha value is -2.21. The number of aromatic nitrogens is 3. The summed E-state index contributed by atoms with van der Waals surface area (Å²) in [5.41, 5.74) is 1.43. The van der Waals surface area contributed by atoms with Gasteiger partial charge in [0.15, 0.2) is 0 Å². The topological polar surface area (TPSA) is 57.0 Å². The molecule has 0 saturated heterocycles. The van der Waals surface area contributed by atoms with Crippen LogP contribution in [-0.4, -0.2) is 27.6 Å². The molecule has 0 amide bonds. The highest BCUT2D eigenvalue weighted by Crippen LogP contribution is 2.23. The molecule has 20 heavy (non-hydrogen) atoms. The molecule has 0 aliphatic heterocycles. The van der Waals surface area contributed by atoms with E-state index in [1.165, 1.54) is 13.3 Å². The van der Waals surface area contributed by atoms with Gasteiger partial charge in [0.1, 0.15) is 16.5 Å². The van der Waals surface area contributed by atoms with Gasteiger partial charge in [-0.1, -0.05) is 12.1 Å². The monoisotopic (exact) mass is 287 g/mol. The highest BCUT2D eigenvalue weighted by molar-refractivity contribution is 7.18. The fourth-order valence-electron chi connectivity index (χ4n) is 2.06. The van der Waals surface area contributed by atoms with E-state index < -0.39 is 0 Å². The highest BCUT2D eigenvalue weighted by Gasteiger charge is 2.16. The number of thiazole rings is 1. The fourth-order valence-corrected chi connectivity index (χ4v) is 3.01. The van der Waals surface area contributed by atoms with Crippen molar-refractivity contribution in [3.05, 3.63) is 47.0 Å². The second-order valence-electron chi connectivity index (χ2n) is 4.34. The predicted molar refractivity (Wildman–Crippen MR) is 77.0 cm³/mol. The summed E-state index contributed by atoms with van der Waals surface area (Å²) in [5.74, 6) is 0.386. The molecule has 0 fully saturated rings. The van der Waals surface area contributed by atoms with Crippen LogP contribution in [0.3, 0.4) is 0 Å². The Morgan fingerprint density at radius 3 is 2.95 bits per heavy atom. The van der Waals surface area contributed by atoms with Crippen molar-refractivity contribution in [1.29, 1.82) is 0 Å². The summed E-state index contributed by atoms with van der Waals surface area (Å²) >= 11 is 1.62. The number of benzene rings is 1. The standard InChI is InChI=1S/C14H13N3O2S/c1-9-15-7-11(14(18)19-2)17(9)8-13-16-10-5-3-4-6-12(10)20-13/h3-7H,8H2,1-2H3. The van der Waals surface area contributed by atoms with Crippen molar-refractivity contribution in [1.82, 2.24) is 14.5 Å². The summed E-state index contributed by atoms with van der Waals surface area (Å²) in [4.78, 5) is 20.5.